The van der Waals surface area contributed by atoms with Gasteiger partial charge >= 0.3 is 0 Å². The third-order valence-corrected chi connectivity index (χ3v) is 2.97. The molecule has 2 nitrogen and oxygen atoms in total. The van der Waals surface area contributed by atoms with E-state index in [-0.39, 0.29) is 0 Å². The lowest BCUT2D eigenvalue weighted by molar-refractivity contribution is 0.300. The highest BCUT2D eigenvalue weighted by Gasteiger charge is 2.30. The van der Waals surface area contributed by atoms with Gasteiger partial charge in [-0.3, -0.25) is 0 Å². The van der Waals surface area contributed by atoms with E-state index < -0.39 is 0 Å². The van der Waals surface area contributed by atoms with Crippen LogP contribution in [0.3, 0.4) is 0 Å². The molecule has 1 aliphatic carbocycles. The van der Waals surface area contributed by atoms with Crippen LogP contribution in [0.1, 0.15) is 24.3 Å². The third kappa shape index (κ3) is 1.54. The molecule has 1 aliphatic rings. The quantitative estimate of drug-likeness (QED) is 0.722. The van der Waals surface area contributed by atoms with Crippen LogP contribution in [-0.4, -0.2) is 18.2 Å². The molecule has 2 rings (SSSR count). The first-order valence-electron chi connectivity index (χ1n) is 4.77. The molecule has 2 N–H and O–H groups in total. The molecule has 2 atom stereocenters. The minimum absolute atomic E-state index is 0.351. The van der Waals surface area contributed by atoms with Crippen molar-refractivity contribution in [2.75, 3.05) is 7.05 Å². The van der Waals surface area contributed by atoms with Gasteiger partial charge in [-0.2, -0.15) is 0 Å². The molecule has 0 saturated heterocycles. The van der Waals surface area contributed by atoms with Gasteiger partial charge < -0.3 is 10.4 Å². The van der Waals surface area contributed by atoms with Crippen molar-refractivity contribution in [2.45, 2.75) is 24.8 Å². The number of phenols is 1. The van der Waals surface area contributed by atoms with Gasteiger partial charge in [0.2, 0.25) is 0 Å². The zero-order valence-corrected chi connectivity index (χ0v) is 7.83. The largest absolute Gasteiger partial charge is 0.508 e. The minimum Gasteiger partial charge on any atom is -0.508 e. The molecule has 0 radical (unpaired) electrons. The first-order chi connectivity index (χ1) is 6.31. The van der Waals surface area contributed by atoms with E-state index in [4.69, 9.17) is 5.11 Å². The van der Waals surface area contributed by atoms with Crippen LogP contribution in [0.5, 0.6) is 5.75 Å². The Morgan fingerprint density at radius 1 is 1.23 bits per heavy atom. The number of hydrogen-bond acceptors (Lipinski definition) is 2. The number of nitrogens with one attached hydrogen (secondary N) is 1. The number of aromatic hydroxyl groups is 1. The fraction of sp³-hybridized carbons (Fsp3) is 0.455. The van der Waals surface area contributed by atoms with Crippen molar-refractivity contribution >= 4 is 0 Å². The highest BCUT2D eigenvalue weighted by molar-refractivity contribution is 5.30. The fourth-order valence-electron chi connectivity index (χ4n) is 1.97. The Morgan fingerprint density at radius 2 is 1.92 bits per heavy atom. The molecule has 1 saturated carbocycles. The first-order valence-corrected chi connectivity index (χ1v) is 4.77. The van der Waals surface area contributed by atoms with Gasteiger partial charge in [0.15, 0.2) is 0 Å². The fourth-order valence-corrected chi connectivity index (χ4v) is 1.97. The van der Waals surface area contributed by atoms with E-state index in [2.05, 4.69) is 5.32 Å². The van der Waals surface area contributed by atoms with Crippen LogP contribution in [-0.2, 0) is 0 Å². The Hall–Kier alpha value is -1.02. The van der Waals surface area contributed by atoms with E-state index in [0.29, 0.717) is 17.7 Å². The molecular formula is C11H15NO. The number of benzene rings is 1. The van der Waals surface area contributed by atoms with E-state index in [9.17, 15) is 0 Å². The van der Waals surface area contributed by atoms with Crippen molar-refractivity contribution in [1.82, 2.24) is 5.32 Å². The molecule has 0 spiro atoms. The molecule has 0 heterocycles. The summed E-state index contributed by atoms with van der Waals surface area (Å²) in [6.45, 7) is 0. The second-order valence-corrected chi connectivity index (χ2v) is 3.67. The highest BCUT2D eigenvalue weighted by atomic mass is 16.3. The van der Waals surface area contributed by atoms with E-state index in [1.54, 1.807) is 12.1 Å². The first kappa shape index (κ1) is 8.57. The lowest BCUT2D eigenvalue weighted by Crippen LogP contribution is -2.40. The molecule has 0 aliphatic heterocycles. The molecule has 1 aromatic carbocycles. The second-order valence-electron chi connectivity index (χ2n) is 3.67. The van der Waals surface area contributed by atoms with Gasteiger partial charge in [0, 0.05) is 6.04 Å². The summed E-state index contributed by atoms with van der Waals surface area (Å²) in [5, 5.41) is 12.4. The van der Waals surface area contributed by atoms with Gasteiger partial charge in [0.05, 0.1) is 0 Å². The molecule has 70 valence electrons. The maximum Gasteiger partial charge on any atom is 0.115 e. The van der Waals surface area contributed by atoms with Crippen molar-refractivity contribution in [2.24, 2.45) is 0 Å². The monoisotopic (exact) mass is 177 g/mol. The Labute approximate surface area is 78.6 Å². The van der Waals surface area contributed by atoms with Gasteiger partial charge in [-0.1, -0.05) is 12.1 Å². The molecule has 0 aromatic heterocycles. The van der Waals surface area contributed by atoms with Gasteiger partial charge in [-0.25, -0.2) is 0 Å². The summed E-state index contributed by atoms with van der Waals surface area (Å²) >= 11 is 0. The average molecular weight is 177 g/mol. The topological polar surface area (TPSA) is 32.3 Å². The zero-order chi connectivity index (χ0) is 9.26. The van der Waals surface area contributed by atoms with Gasteiger partial charge in [-0.15, -0.1) is 0 Å². The van der Waals surface area contributed by atoms with Crippen LogP contribution in [0.15, 0.2) is 24.3 Å². The second kappa shape index (κ2) is 3.38. The van der Waals surface area contributed by atoms with Crippen molar-refractivity contribution in [3.8, 4) is 5.75 Å². The standard InChI is InChI=1S/C11H15NO/c1-12-11-7-6-10(11)8-2-4-9(13)5-3-8/h2-5,10-13H,6-7H2,1H3. The molecule has 2 unspecified atom stereocenters. The van der Waals surface area contributed by atoms with Crippen LogP contribution < -0.4 is 5.32 Å². The Bertz CT molecular complexity index is 279. The van der Waals surface area contributed by atoms with Crippen LogP contribution >= 0.6 is 0 Å². The maximum atomic E-state index is 9.14. The molecule has 13 heavy (non-hydrogen) atoms. The summed E-state index contributed by atoms with van der Waals surface area (Å²) in [5.74, 6) is 0.995. The van der Waals surface area contributed by atoms with Gasteiger partial charge in [0.1, 0.15) is 5.75 Å². The van der Waals surface area contributed by atoms with E-state index >= 15 is 0 Å². The third-order valence-electron chi connectivity index (χ3n) is 2.97. The predicted molar refractivity (Wildman–Crippen MR) is 52.9 cm³/mol. The Kier molecular flexibility index (Phi) is 2.23. The lowest BCUT2D eigenvalue weighted by Gasteiger charge is -2.36. The van der Waals surface area contributed by atoms with E-state index in [0.717, 1.165) is 0 Å². The summed E-state index contributed by atoms with van der Waals surface area (Å²) < 4.78 is 0. The number of phenolic OH excluding ortho intramolecular Hbond substituents is 1. The van der Waals surface area contributed by atoms with Crippen LogP contribution in [0.4, 0.5) is 0 Å². The highest BCUT2D eigenvalue weighted by Crippen LogP contribution is 2.36. The molecule has 0 bridgehead atoms. The minimum atomic E-state index is 0.351. The van der Waals surface area contributed by atoms with Crippen molar-refractivity contribution in [3.05, 3.63) is 29.8 Å². The summed E-state index contributed by atoms with van der Waals surface area (Å²) in [5.41, 5.74) is 1.34. The smallest absolute Gasteiger partial charge is 0.115 e. The van der Waals surface area contributed by atoms with Crippen molar-refractivity contribution < 1.29 is 5.11 Å². The van der Waals surface area contributed by atoms with Crippen LogP contribution in [0.25, 0.3) is 0 Å². The Morgan fingerprint density at radius 3 is 2.38 bits per heavy atom. The summed E-state index contributed by atoms with van der Waals surface area (Å²) in [7, 11) is 2.01. The number of rotatable bonds is 2. The molecule has 2 heteroatoms. The molecular weight excluding hydrogens is 162 g/mol. The van der Waals surface area contributed by atoms with Crippen molar-refractivity contribution in [3.63, 3.8) is 0 Å². The Balaban J connectivity index is 2.12. The van der Waals surface area contributed by atoms with Gasteiger partial charge in [-0.05, 0) is 43.5 Å². The molecule has 1 aromatic rings. The zero-order valence-electron chi connectivity index (χ0n) is 7.83. The predicted octanol–water partition coefficient (Wildman–Crippen LogP) is 1.86. The van der Waals surface area contributed by atoms with Crippen LogP contribution in [0, 0.1) is 0 Å². The van der Waals surface area contributed by atoms with Crippen molar-refractivity contribution in [1.29, 1.82) is 0 Å². The summed E-state index contributed by atoms with van der Waals surface area (Å²) in [4.78, 5) is 0. The van der Waals surface area contributed by atoms with E-state index in [1.165, 1.54) is 18.4 Å². The lowest BCUT2D eigenvalue weighted by atomic mass is 9.75. The number of likely N-dealkylation sites (N-methyl/N-ethyl adjacent to an activating group) is 1. The van der Waals surface area contributed by atoms with Gasteiger partial charge in [0.25, 0.3) is 0 Å². The van der Waals surface area contributed by atoms with E-state index in [1.807, 2.05) is 19.2 Å². The maximum absolute atomic E-state index is 9.14. The number of hydrogen-bond donors (Lipinski definition) is 2. The van der Waals surface area contributed by atoms with Crippen LogP contribution in [0.2, 0.25) is 0 Å². The summed E-state index contributed by atoms with van der Waals surface area (Å²) in [6, 6.07) is 8.19. The summed E-state index contributed by atoms with van der Waals surface area (Å²) in [6.07, 6.45) is 2.53. The molecule has 1 fully saturated rings. The average Bonchev–Trinajstić information content (AvgIpc) is 2.08. The molecule has 0 amide bonds. The SMILES string of the molecule is CNC1CCC1c1ccc(O)cc1. The normalized spacial score (nSPS) is 26.8.